The van der Waals surface area contributed by atoms with Gasteiger partial charge in [-0.1, -0.05) is 0 Å². The minimum absolute atomic E-state index is 0.675. The van der Waals surface area contributed by atoms with Crippen molar-refractivity contribution < 1.29 is 13.2 Å². The van der Waals surface area contributed by atoms with Crippen molar-refractivity contribution in [2.75, 3.05) is 32.6 Å². The highest BCUT2D eigenvalue weighted by Gasteiger charge is 2.05. The topological polar surface area (TPSA) is 46.6 Å². The Morgan fingerprint density at radius 1 is 1.33 bits per heavy atom. The predicted molar refractivity (Wildman–Crippen MR) is 46.4 cm³/mol. The molecule has 0 atom stereocenters. The van der Waals surface area contributed by atoms with Gasteiger partial charge in [-0.3, -0.25) is 0 Å². The lowest BCUT2D eigenvalue weighted by Gasteiger charge is -2.24. The van der Waals surface area contributed by atoms with Crippen LogP contribution in [0.5, 0.6) is 0 Å². The summed E-state index contributed by atoms with van der Waals surface area (Å²) in [6.45, 7) is 2.89. The normalized spacial score (nSPS) is 20.2. The fourth-order valence-electron chi connectivity index (χ4n) is 0.923. The van der Waals surface area contributed by atoms with Crippen molar-refractivity contribution in [3.05, 3.63) is 11.6 Å². The van der Waals surface area contributed by atoms with Crippen LogP contribution in [0.1, 0.15) is 0 Å². The third-order valence-electron chi connectivity index (χ3n) is 1.56. The molecular formula is C7H13NO3S. The van der Waals surface area contributed by atoms with E-state index in [1.165, 1.54) is 11.7 Å². The lowest BCUT2D eigenvalue weighted by Crippen LogP contribution is -2.32. The second-order valence-electron chi connectivity index (χ2n) is 2.76. The SMILES string of the molecule is CS(=O)(=O)/C=C/N1CCOCC1. The Hall–Kier alpha value is -0.550. The molecule has 0 aromatic carbocycles. The molecule has 0 bridgehead atoms. The van der Waals surface area contributed by atoms with E-state index in [-0.39, 0.29) is 0 Å². The van der Waals surface area contributed by atoms with E-state index in [0.29, 0.717) is 13.2 Å². The van der Waals surface area contributed by atoms with E-state index in [1.807, 2.05) is 4.90 Å². The molecule has 0 N–H and O–H groups in total. The number of rotatable bonds is 2. The number of nitrogens with zero attached hydrogens (tertiary/aromatic N) is 1. The smallest absolute Gasteiger partial charge is 0.170 e. The van der Waals surface area contributed by atoms with Crippen molar-refractivity contribution in [1.29, 1.82) is 0 Å². The van der Waals surface area contributed by atoms with Gasteiger partial charge in [-0.2, -0.15) is 0 Å². The molecule has 0 aromatic rings. The molecule has 0 unspecified atom stereocenters. The monoisotopic (exact) mass is 191 g/mol. The van der Waals surface area contributed by atoms with Gasteiger partial charge in [0.2, 0.25) is 0 Å². The number of ether oxygens (including phenoxy) is 1. The highest BCUT2D eigenvalue weighted by Crippen LogP contribution is 1.98. The van der Waals surface area contributed by atoms with Crippen LogP contribution in [0.4, 0.5) is 0 Å². The van der Waals surface area contributed by atoms with Crippen molar-refractivity contribution in [2.24, 2.45) is 0 Å². The zero-order valence-electron chi connectivity index (χ0n) is 7.06. The summed E-state index contributed by atoms with van der Waals surface area (Å²) in [5.74, 6) is 0. The van der Waals surface area contributed by atoms with Crippen LogP contribution in [0.25, 0.3) is 0 Å². The fraction of sp³-hybridized carbons (Fsp3) is 0.714. The van der Waals surface area contributed by atoms with E-state index < -0.39 is 9.84 Å². The van der Waals surface area contributed by atoms with Crippen LogP contribution in [-0.2, 0) is 14.6 Å². The van der Waals surface area contributed by atoms with Gasteiger partial charge in [0.05, 0.1) is 13.2 Å². The lowest BCUT2D eigenvalue weighted by molar-refractivity contribution is 0.0595. The average Bonchev–Trinajstić information content (AvgIpc) is 2.02. The van der Waals surface area contributed by atoms with E-state index in [4.69, 9.17) is 4.74 Å². The van der Waals surface area contributed by atoms with Gasteiger partial charge in [0.25, 0.3) is 0 Å². The van der Waals surface area contributed by atoms with Crippen molar-refractivity contribution in [3.63, 3.8) is 0 Å². The highest BCUT2D eigenvalue weighted by molar-refractivity contribution is 7.93. The Kier molecular flexibility index (Phi) is 3.11. The molecule has 1 aliphatic rings. The number of sulfone groups is 1. The highest BCUT2D eigenvalue weighted by atomic mass is 32.2. The average molecular weight is 191 g/mol. The van der Waals surface area contributed by atoms with Crippen molar-refractivity contribution in [2.45, 2.75) is 0 Å². The summed E-state index contributed by atoms with van der Waals surface area (Å²) in [6, 6.07) is 0. The Morgan fingerprint density at radius 3 is 2.42 bits per heavy atom. The molecule has 5 heteroatoms. The van der Waals surface area contributed by atoms with Gasteiger partial charge < -0.3 is 9.64 Å². The number of morpholine rings is 1. The van der Waals surface area contributed by atoms with Gasteiger partial charge >= 0.3 is 0 Å². The van der Waals surface area contributed by atoms with Crippen LogP contribution in [0, 0.1) is 0 Å². The van der Waals surface area contributed by atoms with Gasteiger partial charge in [-0.05, 0) is 0 Å². The van der Waals surface area contributed by atoms with Gasteiger partial charge in [0.1, 0.15) is 0 Å². The standard InChI is InChI=1S/C7H13NO3S/c1-12(9,10)7-4-8-2-5-11-6-3-8/h4,7H,2-3,5-6H2,1H3/b7-4+. The van der Waals surface area contributed by atoms with E-state index in [9.17, 15) is 8.42 Å². The first-order valence-electron chi connectivity index (χ1n) is 3.78. The molecule has 12 heavy (non-hydrogen) atoms. The van der Waals surface area contributed by atoms with E-state index in [2.05, 4.69) is 0 Å². The molecule has 0 amide bonds. The largest absolute Gasteiger partial charge is 0.378 e. The Morgan fingerprint density at radius 2 is 1.92 bits per heavy atom. The van der Waals surface area contributed by atoms with Crippen LogP contribution in [0.3, 0.4) is 0 Å². The first-order chi connectivity index (χ1) is 5.58. The first-order valence-corrected chi connectivity index (χ1v) is 5.73. The molecule has 0 spiro atoms. The van der Waals surface area contributed by atoms with Crippen LogP contribution < -0.4 is 0 Å². The van der Waals surface area contributed by atoms with Crippen LogP contribution in [0.2, 0.25) is 0 Å². The van der Waals surface area contributed by atoms with Crippen molar-refractivity contribution in [3.8, 4) is 0 Å². The second kappa shape index (κ2) is 3.91. The summed E-state index contributed by atoms with van der Waals surface area (Å²) in [4.78, 5) is 1.94. The quantitative estimate of drug-likeness (QED) is 0.608. The Labute approximate surface area is 72.7 Å². The Balaban J connectivity index is 2.44. The maximum absolute atomic E-state index is 10.7. The van der Waals surface area contributed by atoms with E-state index >= 15 is 0 Å². The zero-order chi connectivity index (χ0) is 9.03. The Bertz CT molecular complexity index is 252. The van der Waals surface area contributed by atoms with Gasteiger partial charge in [0.15, 0.2) is 9.84 Å². The summed E-state index contributed by atoms with van der Waals surface area (Å²) in [7, 11) is -2.99. The molecule has 0 saturated carbocycles. The second-order valence-corrected chi connectivity index (χ2v) is 4.69. The minimum atomic E-state index is -2.99. The molecule has 1 saturated heterocycles. The van der Waals surface area contributed by atoms with Crippen molar-refractivity contribution >= 4 is 9.84 Å². The summed E-state index contributed by atoms with van der Waals surface area (Å²) in [5, 5.41) is 1.22. The maximum Gasteiger partial charge on any atom is 0.170 e. The van der Waals surface area contributed by atoms with E-state index in [1.54, 1.807) is 6.20 Å². The predicted octanol–water partition coefficient (Wildman–Crippen LogP) is -0.166. The molecule has 0 aliphatic carbocycles. The minimum Gasteiger partial charge on any atom is -0.378 e. The molecule has 4 nitrogen and oxygen atoms in total. The zero-order valence-corrected chi connectivity index (χ0v) is 7.88. The van der Waals surface area contributed by atoms with Gasteiger partial charge in [0, 0.05) is 31.0 Å². The van der Waals surface area contributed by atoms with Gasteiger partial charge in [-0.15, -0.1) is 0 Å². The summed E-state index contributed by atoms with van der Waals surface area (Å²) < 4.78 is 26.6. The summed E-state index contributed by atoms with van der Waals surface area (Å²) >= 11 is 0. The first kappa shape index (κ1) is 9.54. The molecule has 0 radical (unpaired) electrons. The lowest BCUT2D eigenvalue weighted by atomic mass is 10.5. The molecule has 70 valence electrons. The summed E-state index contributed by atoms with van der Waals surface area (Å²) in [6.07, 6.45) is 2.79. The van der Waals surface area contributed by atoms with Crippen LogP contribution in [0.15, 0.2) is 11.6 Å². The maximum atomic E-state index is 10.7. The van der Waals surface area contributed by atoms with Crippen LogP contribution in [-0.4, -0.2) is 45.9 Å². The molecular weight excluding hydrogens is 178 g/mol. The molecule has 1 fully saturated rings. The number of hydrogen-bond donors (Lipinski definition) is 0. The molecule has 1 heterocycles. The summed E-state index contributed by atoms with van der Waals surface area (Å²) in [5.41, 5.74) is 0. The van der Waals surface area contributed by atoms with E-state index in [0.717, 1.165) is 13.1 Å². The van der Waals surface area contributed by atoms with Crippen molar-refractivity contribution in [1.82, 2.24) is 4.90 Å². The molecule has 0 aromatic heterocycles. The molecule has 1 rings (SSSR count). The molecule has 1 aliphatic heterocycles. The fourth-order valence-corrected chi connectivity index (χ4v) is 1.32. The van der Waals surface area contributed by atoms with Gasteiger partial charge in [-0.25, -0.2) is 8.42 Å². The number of hydrogen-bond acceptors (Lipinski definition) is 4. The van der Waals surface area contributed by atoms with Crippen LogP contribution >= 0.6 is 0 Å². The third kappa shape index (κ3) is 3.73. The third-order valence-corrected chi connectivity index (χ3v) is 2.18.